The van der Waals surface area contributed by atoms with Crippen LogP contribution in [0.15, 0.2) is 53.7 Å². The van der Waals surface area contributed by atoms with E-state index < -0.39 is 6.10 Å². The minimum Gasteiger partial charge on any atom is -0.497 e. The van der Waals surface area contributed by atoms with Gasteiger partial charge in [-0.1, -0.05) is 23.4 Å². The van der Waals surface area contributed by atoms with Crippen molar-refractivity contribution in [3.63, 3.8) is 0 Å². The molecule has 8 heteroatoms. The second kappa shape index (κ2) is 9.07. The lowest BCUT2D eigenvalue weighted by atomic mass is 10.0. The van der Waals surface area contributed by atoms with Gasteiger partial charge in [-0.3, -0.25) is 9.59 Å². The summed E-state index contributed by atoms with van der Waals surface area (Å²) in [5.74, 6) is 1.14. The molecule has 0 spiro atoms. The lowest BCUT2D eigenvalue weighted by Gasteiger charge is -2.35. The fraction of sp³-hybridized carbons (Fsp3) is 0.348. The van der Waals surface area contributed by atoms with E-state index in [2.05, 4.69) is 5.16 Å². The van der Waals surface area contributed by atoms with Gasteiger partial charge in [-0.15, -0.1) is 0 Å². The van der Waals surface area contributed by atoms with Gasteiger partial charge in [0.1, 0.15) is 18.0 Å². The zero-order chi connectivity index (χ0) is 21.8. The second-order valence-electron chi connectivity index (χ2n) is 7.49. The van der Waals surface area contributed by atoms with Gasteiger partial charge in [0.15, 0.2) is 0 Å². The molecule has 0 radical (unpaired) electrons. The first-order valence-corrected chi connectivity index (χ1v) is 10.1. The van der Waals surface area contributed by atoms with Crippen LogP contribution in [0, 0.1) is 0 Å². The summed E-state index contributed by atoms with van der Waals surface area (Å²) in [6.07, 6.45) is 0.357. The maximum absolute atomic E-state index is 12.9. The largest absolute Gasteiger partial charge is 0.497 e. The van der Waals surface area contributed by atoms with Crippen molar-refractivity contribution in [3.8, 4) is 11.5 Å². The van der Waals surface area contributed by atoms with E-state index in [-0.39, 0.29) is 18.4 Å². The molecule has 0 unspecified atom stereocenters. The van der Waals surface area contributed by atoms with Crippen LogP contribution in [0.3, 0.4) is 0 Å². The number of hydrogen-bond acceptors (Lipinski definition) is 6. The molecule has 162 valence electrons. The number of oxime groups is 1. The number of methoxy groups -OCH3 is 2. The maximum atomic E-state index is 12.9. The molecule has 0 saturated carbocycles. The highest BCUT2D eigenvalue weighted by atomic mass is 16.6. The Morgan fingerprint density at radius 2 is 1.87 bits per heavy atom. The first-order valence-electron chi connectivity index (χ1n) is 10.1. The standard InChI is InChI=1S/C23H25N3O5/c1-29-19-8-6-16(7-9-19)12-17-13-21(31-24-17)23(28)25-10-11-26(22(27)15-25)18-4-3-5-20(14-18)30-2/h3-9,14,21H,10-13,15H2,1-2H3/t21-/m0/s1. The highest BCUT2D eigenvalue weighted by Crippen LogP contribution is 2.24. The van der Waals surface area contributed by atoms with Crippen LogP contribution in [0.25, 0.3) is 0 Å². The molecule has 4 rings (SSSR count). The van der Waals surface area contributed by atoms with Crippen LogP contribution in [-0.2, 0) is 20.8 Å². The summed E-state index contributed by atoms with van der Waals surface area (Å²) in [6.45, 7) is 0.878. The fourth-order valence-corrected chi connectivity index (χ4v) is 3.76. The summed E-state index contributed by atoms with van der Waals surface area (Å²) in [6, 6.07) is 15.1. The van der Waals surface area contributed by atoms with E-state index in [4.69, 9.17) is 14.3 Å². The van der Waals surface area contributed by atoms with Gasteiger partial charge >= 0.3 is 0 Å². The average molecular weight is 423 g/mol. The SMILES string of the molecule is COc1ccc(CC2=NO[C@H](C(=O)N3CCN(c4cccc(OC)c4)C(=O)C3)C2)cc1. The second-order valence-corrected chi connectivity index (χ2v) is 7.49. The summed E-state index contributed by atoms with van der Waals surface area (Å²) in [5, 5.41) is 4.10. The van der Waals surface area contributed by atoms with E-state index in [1.165, 1.54) is 0 Å². The van der Waals surface area contributed by atoms with Gasteiger partial charge in [0.05, 0.1) is 19.9 Å². The Kier molecular flexibility index (Phi) is 6.06. The Bertz CT molecular complexity index is 989. The lowest BCUT2D eigenvalue weighted by Crippen LogP contribution is -2.54. The highest BCUT2D eigenvalue weighted by molar-refractivity contribution is 6.00. The highest BCUT2D eigenvalue weighted by Gasteiger charge is 2.36. The van der Waals surface area contributed by atoms with Crippen LogP contribution in [-0.4, -0.2) is 62.4 Å². The van der Waals surface area contributed by atoms with Crippen molar-refractivity contribution in [2.45, 2.75) is 18.9 Å². The lowest BCUT2D eigenvalue weighted by molar-refractivity contribution is -0.145. The Hall–Kier alpha value is -3.55. The molecule has 1 saturated heterocycles. The van der Waals surface area contributed by atoms with Crippen molar-refractivity contribution in [3.05, 3.63) is 54.1 Å². The third-order valence-corrected chi connectivity index (χ3v) is 5.47. The fourth-order valence-electron chi connectivity index (χ4n) is 3.76. The molecule has 2 aromatic carbocycles. The first-order chi connectivity index (χ1) is 15.1. The number of anilines is 1. The van der Waals surface area contributed by atoms with Gasteiger partial charge in [-0.2, -0.15) is 0 Å². The van der Waals surface area contributed by atoms with E-state index in [0.29, 0.717) is 31.7 Å². The molecule has 31 heavy (non-hydrogen) atoms. The van der Waals surface area contributed by atoms with Gasteiger partial charge in [0.25, 0.3) is 5.91 Å². The van der Waals surface area contributed by atoms with Crippen molar-refractivity contribution in [1.82, 2.24) is 4.90 Å². The number of ether oxygens (including phenoxy) is 2. The van der Waals surface area contributed by atoms with Gasteiger partial charge in [0, 0.05) is 37.7 Å². The average Bonchev–Trinajstić information content (AvgIpc) is 3.27. The van der Waals surface area contributed by atoms with Crippen molar-refractivity contribution in [2.75, 3.05) is 38.8 Å². The first kappa shape index (κ1) is 20.7. The third-order valence-electron chi connectivity index (χ3n) is 5.47. The molecule has 2 aliphatic heterocycles. The third kappa shape index (κ3) is 4.63. The Morgan fingerprint density at radius 3 is 2.58 bits per heavy atom. The molecule has 2 aliphatic rings. The van der Waals surface area contributed by atoms with Gasteiger partial charge < -0.3 is 24.1 Å². The molecule has 0 aromatic heterocycles. The summed E-state index contributed by atoms with van der Waals surface area (Å²) in [5.41, 5.74) is 2.64. The predicted octanol–water partition coefficient (Wildman–Crippen LogP) is 2.27. The van der Waals surface area contributed by atoms with Crippen molar-refractivity contribution in [2.24, 2.45) is 5.16 Å². The van der Waals surface area contributed by atoms with E-state index in [1.54, 1.807) is 24.0 Å². The predicted molar refractivity (Wildman–Crippen MR) is 116 cm³/mol. The van der Waals surface area contributed by atoms with Crippen LogP contribution in [0.5, 0.6) is 11.5 Å². The number of amides is 2. The smallest absolute Gasteiger partial charge is 0.267 e. The number of rotatable bonds is 6. The normalized spacial score (nSPS) is 18.5. The van der Waals surface area contributed by atoms with E-state index >= 15 is 0 Å². The topological polar surface area (TPSA) is 80.7 Å². The zero-order valence-corrected chi connectivity index (χ0v) is 17.6. The molecule has 2 heterocycles. The number of nitrogens with zero attached hydrogens (tertiary/aromatic N) is 3. The zero-order valence-electron chi connectivity index (χ0n) is 17.6. The van der Waals surface area contributed by atoms with Gasteiger partial charge in [-0.25, -0.2) is 0 Å². The van der Waals surface area contributed by atoms with Crippen LogP contribution >= 0.6 is 0 Å². The molecule has 2 amide bonds. The summed E-state index contributed by atoms with van der Waals surface area (Å²) in [4.78, 5) is 34.2. The monoisotopic (exact) mass is 423 g/mol. The number of hydrogen-bond donors (Lipinski definition) is 0. The van der Waals surface area contributed by atoms with Crippen LogP contribution in [0.2, 0.25) is 0 Å². The number of carbonyl (C=O) groups is 2. The molecular formula is C23H25N3O5. The number of benzene rings is 2. The molecular weight excluding hydrogens is 398 g/mol. The van der Waals surface area contributed by atoms with Gasteiger partial charge in [0.2, 0.25) is 12.0 Å². The van der Waals surface area contributed by atoms with Crippen molar-refractivity contribution < 1.29 is 23.9 Å². The molecule has 1 atom stereocenters. The van der Waals surface area contributed by atoms with E-state index in [9.17, 15) is 9.59 Å². The Labute approximate surface area is 181 Å². The molecule has 0 aliphatic carbocycles. The van der Waals surface area contributed by atoms with E-state index in [0.717, 1.165) is 22.7 Å². The van der Waals surface area contributed by atoms with Crippen LogP contribution in [0.1, 0.15) is 12.0 Å². The Balaban J connectivity index is 1.32. The number of piperazine rings is 1. The van der Waals surface area contributed by atoms with Crippen molar-refractivity contribution in [1.29, 1.82) is 0 Å². The summed E-state index contributed by atoms with van der Waals surface area (Å²) >= 11 is 0. The van der Waals surface area contributed by atoms with Crippen molar-refractivity contribution >= 4 is 23.2 Å². The summed E-state index contributed by atoms with van der Waals surface area (Å²) < 4.78 is 10.4. The quantitative estimate of drug-likeness (QED) is 0.712. The molecule has 2 aromatic rings. The van der Waals surface area contributed by atoms with Gasteiger partial charge in [-0.05, 0) is 29.8 Å². The molecule has 8 nitrogen and oxygen atoms in total. The molecule has 0 N–H and O–H groups in total. The molecule has 1 fully saturated rings. The minimum atomic E-state index is -0.676. The minimum absolute atomic E-state index is 0.0176. The summed E-state index contributed by atoms with van der Waals surface area (Å²) in [7, 11) is 3.21. The maximum Gasteiger partial charge on any atom is 0.267 e. The van der Waals surface area contributed by atoms with Crippen LogP contribution < -0.4 is 14.4 Å². The van der Waals surface area contributed by atoms with E-state index in [1.807, 2.05) is 48.5 Å². The Morgan fingerprint density at radius 1 is 1.10 bits per heavy atom. The number of carbonyl (C=O) groups excluding carboxylic acids is 2. The van der Waals surface area contributed by atoms with Crippen LogP contribution in [0.4, 0.5) is 5.69 Å². The molecule has 0 bridgehead atoms.